The topological polar surface area (TPSA) is 85.0 Å². The Morgan fingerprint density at radius 3 is 3.09 bits per heavy atom. The minimum absolute atomic E-state index is 0.00817. The van der Waals surface area contributed by atoms with Crippen molar-refractivity contribution in [2.45, 2.75) is 44.2 Å². The van der Waals surface area contributed by atoms with Crippen molar-refractivity contribution in [2.75, 3.05) is 13.1 Å². The van der Waals surface area contributed by atoms with E-state index >= 15 is 0 Å². The zero-order chi connectivity index (χ0) is 15.6. The molecule has 0 aromatic carbocycles. The first-order valence-corrected chi connectivity index (χ1v) is 8.30. The lowest BCUT2D eigenvalue weighted by Gasteiger charge is -2.24. The third-order valence-corrected chi connectivity index (χ3v) is 4.71. The number of carbonyl (C=O) groups excluding carboxylic acids is 1. The number of piperidine rings is 1. The van der Waals surface area contributed by atoms with Crippen LogP contribution in [0.15, 0.2) is 22.9 Å². The average Bonchev–Trinajstić information content (AvgIpc) is 3.25. The van der Waals surface area contributed by atoms with Crippen molar-refractivity contribution in [3.63, 3.8) is 0 Å². The third-order valence-electron chi connectivity index (χ3n) is 4.71. The predicted molar refractivity (Wildman–Crippen MR) is 83.0 cm³/mol. The van der Waals surface area contributed by atoms with Gasteiger partial charge in [0.15, 0.2) is 5.89 Å². The highest BCUT2D eigenvalue weighted by molar-refractivity contribution is 5.91. The SMILES string of the molecule is O=C(NC1CCCn2nccc21)c1cnc(C2CCNCC2)o1. The van der Waals surface area contributed by atoms with E-state index in [9.17, 15) is 4.79 Å². The maximum atomic E-state index is 12.5. The lowest BCUT2D eigenvalue weighted by molar-refractivity contribution is 0.0897. The fourth-order valence-electron chi connectivity index (χ4n) is 3.44. The standard InChI is InChI=1S/C16H21N5O2/c22-15(20-12-2-1-9-21-13(12)5-8-19-21)14-10-18-16(23-14)11-3-6-17-7-4-11/h5,8,10-12,17H,1-4,6-7,9H2,(H,20,22). The van der Waals surface area contributed by atoms with Crippen LogP contribution < -0.4 is 10.6 Å². The average molecular weight is 315 g/mol. The molecule has 7 heteroatoms. The fraction of sp³-hybridized carbons (Fsp3) is 0.562. The number of aromatic nitrogens is 3. The number of aryl methyl sites for hydroxylation is 1. The molecule has 4 heterocycles. The van der Waals surface area contributed by atoms with Gasteiger partial charge in [0.25, 0.3) is 5.91 Å². The van der Waals surface area contributed by atoms with Gasteiger partial charge in [-0.2, -0.15) is 5.10 Å². The maximum Gasteiger partial charge on any atom is 0.289 e. The third kappa shape index (κ3) is 2.88. The van der Waals surface area contributed by atoms with Crippen molar-refractivity contribution in [1.82, 2.24) is 25.4 Å². The summed E-state index contributed by atoms with van der Waals surface area (Å²) in [6, 6.07) is 1.96. The predicted octanol–water partition coefficient (Wildman–Crippen LogP) is 1.60. The number of carbonyl (C=O) groups is 1. The van der Waals surface area contributed by atoms with Gasteiger partial charge in [-0.05, 0) is 44.8 Å². The summed E-state index contributed by atoms with van der Waals surface area (Å²) in [6.45, 7) is 2.86. The van der Waals surface area contributed by atoms with Crippen molar-refractivity contribution in [3.8, 4) is 0 Å². The van der Waals surface area contributed by atoms with Crippen molar-refractivity contribution >= 4 is 5.91 Å². The highest BCUT2D eigenvalue weighted by atomic mass is 16.4. The Kier molecular flexibility index (Phi) is 3.87. The van der Waals surface area contributed by atoms with E-state index in [2.05, 4.69) is 20.7 Å². The monoisotopic (exact) mass is 315 g/mol. The van der Waals surface area contributed by atoms with E-state index in [1.165, 1.54) is 0 Å². The van der Waals surface area contributed by atoms with E-state index in [0.29, 0.717) is 17.6 Å². The van der Waals surface area contributed by atoms with Crippen LogP contribution in [0.3, 0.4) is 0 Å². The summed E-state index contributed by atoms with van der Waals surface area (Å²) in [6.07, 6.45) is 7.27. The summed E-state index contributed by atoms with van der Waals surface area (Å²) in [5, 5.41) is 10.6. The number of fused-ring (bicyclic) bond motifs is 1. The summed E-state index contributed by atoms with van der Waals surface area (Å²) in [4.78, 5) is 16.8. The van der Waals surface area contributed by atoms with Crippen LogP contribution in [0.2, 0.25) is 0 Å². The number of nitrogens with zero attached hydrogens (tertiary/aromatic N) is 3. The van der Waals surface area contributed by atoms with E-state index < -0.39 is 0 Å². The van der Waals surface area contributed by atoms with Crippen LogP contribution in [-0.4, -0.2) is 33.8 Å². The van der Waals surface area contributed by atoms with Gasteiger partial charge in [0.1, 0.15) is 0 Å². The van der Waals surface area contributed by atoms with Gasteiger partial charge in [0.05, 0.1) is 17.9 Å². The molecule has 122 valence electrons. The largest absolute Gasteiger partial charge is 0.435 e. The van der Waals surface area contributed by atoms with Crippen LogP contribution in [0.4, 0.5) is 0 Å². The van der Waals surface area contributed by atoms with Crippen LogP contribution in [0.1, 0.15) is 59.8 Å². The molecular weight excluding hydrogens is 294 g/mol. The highest BCUT2D eigenvalue weighted by Gasteiger charge is 2.26. The van der Waals surface area contributed by atoms with Crippen LogP contribution >= 0.6 is 0 Å². The van der Waals surface area contributed by atoms with Crippen LogP contribution in [-0.2, 0) is 6.54 Å². The van der Waals surface area contributed by atoms with Crippen LogP contribution in [0, 0.1) is 0 Å². The molecule has 2 aliphatic rings. The molecular formula is C16H21N5O2. The van der Waals surface area contributed by atoms with Crippen LogP contribution in [0.5, 0.6) is 0 Å². The zero-order valence-corrected chi connectivity index (χ0v) is 13.0. The quantitative estimate of drug-likeness (QED) is 0.899. The first-order chi connectivity index (χ1) is 11.3. The molecule has 2 aromatic rings. The molecule has 2 N–H and O–H groups in total. The molecule has 7 nitrogen and oxygen atoms in total. The summed E-state index contributed by atoms with van der Waals surface area (Å²) in [7, 11) is 0. The first-order valence-electron chi connectivity index (χ1n) is 8.30. The second kappa shape index (κ2) is 6.16. The molecule has 1 fully saturated rings. The Hall–Kier alpha value is -2.15. The Balaban J connectivity index is 1.45. The molecule has 1 atom stereocenters. The molecule has 0 saturated carbocycles. The maximum absolute atomic E-state index is 12.5. The molecule has 0 aliphatic carbocycles. The molecule has 0 spiro atoms. The first kappa shape index (κ1) is 14.4. The van der Waals surface area contributed by atoms with Crippen molar-refractivity contribution in [3.05, 3.63) is 35.8 Å². The second-order valence-corrected chi connectivity index (χ2v) is 6.23. The number of hydrogen-bond acceptors (Lipinski definition) is 5. The van der Waals surface area contributed by atoms with Gasteiger partial charge in [-0.3, -0.25) is 9.48 Å². The summed E-state index contributed by atoms with van der Waals surface area (Å²) in [5.41, 5.74) is 1.06. The lowest BCUT2D eigenvalue weighted by atomic mass is 9.98. The van der Waals surface area contributed by atoms with Gasteiger partial charge in [-0.25, -0.2) is 4.98 Å². The molecule has 0 bridgehead atoms. The summed E-state index contributed by atoms with van der Waals surface area (Å²) in [5.74, 6) is 1.10. The molecule has 0 radical (unpaired) electrons. The van der Waals surface area contributed by atoms with E-state index in [4.69, 9.17) is 4.42 Å². The smallest absolute Gasteiger partial charge is 0.289 e. The number of oxazole rings is 1. The summed E-state index contributed by atoms with van der Waals surface area (Å²) < 4.78 is 7.68. The zero-order valence-electron chi connectivity index (χ0n) is 13.0. The highest BCUT2D eigenvalue weighted by Crippen LogP contribution is 2.26. The van der Waals surface area contributed by atoms with Gasteiger partial charge in [-0.1, -0.05) is 0 Å². The van der Waals surface area contributed by atoms with Gasteiger partial charge < -0.3 is 15.1 Å². The Labute approximate surface area is 134 Å². The molecule has 1 amide bonds. The fourth-order valence-corrected chi connectivity index (χ4v) is 3.44. The number of amides is 1. The molecule has 4 rings (SSSR count). The Morgan fingerprint density at radius 2 is 2.22 bits per heavy atom. The van der Waals surface area contributed by atoms with Gasteiger partial charge in [0, 0.05) is 18.7 Å². The van der Waals surface area contributed by atoms with Crippen molar-refractivity contribution in [2.24, 2.45) is 0 Å². The minimum atomic E-state index is -0.197. The van der Waals surface area contributed by atoms with Gasteiger partial charge in [-0.15, -0.1) is 0 Å². The van der Waals surface area contributed by atoms with E-state index in [0.717, 1.165) is 51.0 Å². The second-order valence-electron chi connectivity index (χ2n) is 6.23. The molecule has 1 unspecified atom stereocenters. The van der Waals surface area contributed by atoms with E-state index in [-0.39, 0.29) is 11.9 Å². The van der Waals surface area contributed by atoms with Gasteiger partial charge in [0.2, 0.25) is 5.76 Å². The molecule has 2 aliphatic heterocycles. The van der Waals surface area contributed by atoms with Gasteiger partial charge >= 0.3 is 0 Å². The number of nitrogens with one attached hydrogen (secondary N) is 2. The van der Waals surface area contributed by atoms with Crippen molar-refractivity contribution < 1.29 is 9.21 Å². The lowest BCUT2D eigenvalue weighted by Crippen LogP contribution is -2.32. The number of hydrogen-bond donors (Lipinski definition) is 2. The van der Waals surface area contributed by atoms with E-state index in [1.54, 1.807) is 12.4 Å². The molecule has 1 saturated heterocycles. The normalized spacial score (nSPS) is 21.8. The minimum Gasteiger partial charge on any atom is -0.435 e. The van der Waals surface area contributed by atoms with Crippen molar-refractivity contribution in [1.29, 1.82) is 0 Å². The molecule has 23 heavy (non-hydrogen) atoms. The summed E-state index contributed by atoms with van der Waals surface area (Å²) >= 11 is 0. The van der Waals surface area contributed by atoms with Crippen LogP contribution in [0.25, 0.3) is 0 Å². The Morgan fingerprint density at radius 1 is 1.35 bits per heavy atom. The van der Waals surface area contributed by atoms with E-state index in [1.807, 2.05) is 10.7 Å². The Bertz CT molecular complexity index is 686. The molecule has 2 aromatic heterocycles. The number of rotatable bonds is 3.